The highest BCUT2D eigenvalue weighted by molar-refractivity contribution is 8.14. The van der Waals surface area contributed by atoms with E-state index in [0.29, 0.717) is 22.6 Å². The number of rotatable bonds is 12. The molecule has 5 rings (SSSR count). The molecule has 4 aromatic rings. The third-order valence-corrected chi connectivity index (χ3v) is 8.34. The van der Waals surface area contributed by atoms with Gasteiger partial charge >= 0.3 is 0 Å². The van der Waals surface area contributed by atoms with Gasteiger partial charge in [0.15, 0.2) is 5.17 Å². The Kier molecular flexibility index (Phi) is 11.9. The van der Waals surface area contributed by atoms with Gasteiger partial charge in [0.05, 0.1) is 11.8 Å². The number of nitrogens with zero attached hydrogens (tertiary/aromatic N) is 2. The summed E-state index contributed by atoms with van der Waals surface area (Å²) in [5.74, 6) is -1.49. The quantitative estimate of drug-likeness (QED) is 0.0944. The van der Waals surface area contributed by atoms with Crippen molar-refractivity contribution in [2.75, 3.05) is 5.75 Å². The summed E-state index contributed by atoms with van der Waals surface area (Å²) < 4.78 is 19.3. The number of nitrogens with one attached hydrogen (secondary N) is 1. The number of halogens is 1. The van der Waals surface area contributed by atoms with Crippen LogP contribution in [0.5, 0.6) is 5.75 Å². The number of hydrogen-bond acceptors (Lipinski definition) is 5. The number of hydrogen-bond donors (Lipinski definition) is 1. The summed E-state index contributed by atoms with van der Waals surface area (Å²) in [6.07, 6.45) is 8.11. The zero-order valence-corrected chi connectivity index (χ0v) is 27.6. The molecule has 0 unspecified atom stereocenters. The largest absolute Gasteiger partial charge is 0.489 e. The smallest absolute Gasteiger partial charge is 0.285 e. The number of carbonyl (C=O) groups excluding carboxylic acids is 3. The molecular formula is C40H34FN3O4S. The van der Waals surface area contributed by atoms with Gasteiger partial charge in [-0.1, -0.05) is 121 Å². The van der Waals surface area contributed by atoms with Gasteiger partial charge in [-0.2, -0.15) is 4.99 Å². The van der Waals surface area contributed by atoms with E-state index in [1.807, 2.05) is 60.7 Å². The molecule has 0 fully saturated rings. The van der Waals surface area contributed by atoms with Crippen molar-refractivity contribution in [2.24, 2.45) is 4.99 Å². The first-order valence-corrected chi connectivity index (χ1v) is 16.5. The Bertz CT molecular complexity index is 1900. The maximum atomic E-state index is 13.9. The highest BCUT2D eigenvalue weighted by Gasteiger charge is 2.35. The lowest BCUT2D eigenvalue weighted by atomic mass is 9.99. The predicted octanol–water partition coefficient (Wildman–Crippen LogP) is 7.80. The lowest BCUT2D eigenvalue weighted by Gasteiger charge is -2.28. The fourth-order valence-electron chi connectivity index (χ4n) is 5.01. The molecule has 0 radical (unpaired) electrons. The number of carbonyl (C=O) groups is 3. The molecule has 1 aliphatic heterocycles. The van der Waals surface area contributed by atoms with Crippen molar-refractivity contribution in [2.45, 2.75) is 19.6 Å². The molecule has 0 atom stereocenters. The van der Waals surface area contributed by atoms with Crippen LogP contribution in [-0.2, 0) is 21.0 Å². The molecule has 0 saturated heterocycles. The molecule has 7 nitrogen and oxygen atoms in total. The van der Waals surface area contributed by atoms with Crippen molar-refractivity contribution in [1.29, 1.82) is 0 Å². The number of amides is 3. The SMILES string of the molecule is C=C/C=C\C(=C/C)N1C(=O)/C(=C/c2ccc(OCc3cccc(F)c3)cc2)C(=O)N=C1SCC(=O)NC(c1ccccc1)c1ccccc1. The molecule has 0 aliphatic carbocycles. The molecule has 4 aromatic carbocycles. The Morgan fingerprint density at radius 1 is 0.959 bits per heavy atom. The van der Waals surface area contributed by atoms with Crippen LogP contribution in [0.15, 0.2) is 156 Å². The van der Waals surface area contributed by atoms with E-state index in [0.717, 1.165) is 22.9 Å². The number of amidine groups is 1. The van der Waals surface area contributed by atoms with Crippen molar-refractivity contribution < 1.29 is 23.5 Å². The van der Waals surface area contributed by atoms with Crippen LogP contribution in [0.1, 0.15) is 35.2 Å². The first kappa shape index (κ1) is 34.5. The van der Waals surface area contributed by atoms with Crippen molar-refractivity contribution in [3.8, 4) is 5.75 Å². The van der Waals surface area contributed by atoms with Crippen molar-refractivity contribution >= 4 is 40.7 Å². The average molecular weight is 672 g/mol. The standard InChI is InChI=1S/C40H34FN3O4S/c1-3-5-19-33(4-2)44-39(47)35(25-28-20-22-34(23-21-28)48-26-29-13-12-18-32(41)24-29)38(46)43-40(44)49-27-36(45)42-37(30-14-8-6-9-15-30)31-16-10-7-11-17-31/h3-25,37H,1,26-27H2,2H3,(H,42,45)/b19-5-,33-4+,35-25+. The first-order chi connectivity index (χ1) is 23.9. The maximum absolute atomic E-state index is 13.9. The normalized spacial score (nSPS) is 14.3. The van der Waals surface area contributed by atoms with E-state index in [-0.39, 0.29) is 34.8 Å². The average Bonchev–Trinajstić information content (AvgIpc) is 3.13. The molecule has 0 spiro atoms. The summed E-state index contributed by atoms with van der Waals surface area (Å²) in [6.45, 7) is 5.66. The van der Waals surface area contributed by atoms with E-state index in [9.17, 15) is 18.8 Å². The molecule has 9 heteroatoms. The van der Waals surface area contributed by atoms with Crippen LogP contribution in [0, 0.1) is 5.82 Å². The van der Waals surface area contributed by atoms with E-state index in [2.05, 4.69) is 16.9 Å². The Balaban J connectivity index is 1.34. The number of benzene rings is 4. The van der Waals surface area contributed by atoms with Gasteiger partial charge in [-0.05, 0) is 65.6 Å². The number of aliphatic imine (C=N–C) groups is 1. The minimum Gasteiger partial charge on any atom is -0.489 e. The second kappa shape index (κ2) is 16.9. The van der Waals surface area contributed by atoms with Crippen LogP contribution in [0.2, 0.25) is 0 Å². The van der Waals surface area contributed by atoms with Gasteiger partial charge in [0.25, 0.3) is 11.8 Å². The van der Waals surface area contributed by atoms with Crippen LogP contribution in [-0.4, -0.2) is 33.5 Å². The summed E-state index contributed by atoms with van der Waals surface area (Å²) in [6, 6.07) is 31.8. The van der Waals surface area contributed by atoms with Crippen LogP contribution in [0.4, 0.5) is 4.39 Å². The molecule has 49 heavy (non-hydrogen) atoms. The van der Waals surface area contributed by atoms with E-state index in [1.54, 1.807) is 67.6 Å². The molecule has 3 amide bonds. The van der Waals surface area contributed by atoms with Crippen molar-refractivity contribution in [3.05, 3.63) is 179 Å². The topological polar surface area (TPSA) is 88.1 Å². The van der Waals surface area contributed by atoms with Gasteiger partial charge in [0.1, 0.15) is 23.7 Å². The minimum atomic E-state index is -0.717. The highest BCUT2D eigenvalue weighted by atomic mass is 32.2. The van der Waals surface area contributed by atoms with Gasteiger partial charge in [0, 0.05) is 5.70 Å². The molecule has 1 aliphatic rings. The highest BCUT2D eigenvalue weighted by Crippen LogP contribution is 2.27. The lowest BCUT2D eigenvalue weighted by Crippen LogP contribution is -2.42. The Morgan fingerprint density at radius 2 is 1.63 bits per heavy atom. The van der Waals surface area contributed by atoms with E-state index in [4.69, 9.17) is 4.74 Å². The summed E-state index contributed by atoms with van der Waals surface area (Å²) in [5.41, 5.74) is 3.42. The zero-order valence-electron chi connectivity index (χ0n) is 26.8. The molecular weight excluding hydrogens is 638 g/mol. The zero-order chi connectivity index (χ0) is 34.6. The molecule has 1 N–H and O–H groups in total. The van der Waals surface area contributed by atoms with Gasteiger partial charge in [-0.15, -0.1) is 0 Å². The fraction of sp³-hybridized carbons (Fsp3) is 0.100. The van der Waals surface area contributed by atoms with E-state index >= 15 is 0 Å². The van der Waals surface area contributed by atoms with Crippen LogP contribution in [0.25, 0.3) is 6.08 Å². The van der Waals surface area contributed by atoms with Gasteiger partial charge in [-0.3, -0.25) is 19.3 Å². The summed E-state index contributed by atoms with van der Waals surface area (Å²) in [4.78, 5) is 46.2. The van der Waals surface area contributed by atoms with Crippen LogP contribution >= 0.6 is 11.8 Å². The Labute approximate surface area is 289 Å². The summed E-state index contributed by atoms with van der Waals surface area (Å²) in [7, 11) is 0. The molecule has 0 bridgehead atoms. The third kappa shape index (κ3) is 9.18. The van der Waals surface area contributed by atoms with Crippen LogP contribution in [0.3, 0.4) is 0 Å². The minimum absolute atomic E-state index is 0.0844. The van der Waals surface area contributed by atoms with Gasteiger partial charge in [-0.25, -0.2) is 4.39 Å². The van der Waals surface area contributed by atoms with E-state index in [1.165, 1.54) is 23.1 Å². The maximum Gasteiger partial charge on any atom is 0.285 e. The third-order valence-electron chi connectivity index (χ3n) is 7.40. The van der Waals surface area contributed by atoms with Crippen molar-refractivity contribution in [1.82, 2.24) is 10.2 Å². The Morgan fingerprint density at radius 3 is 2.24 bits per heavy atom. The number of ether oxygens (including phenoxy) is 1. The fourth-order valence-corrected chi connectivity index (χ4v) is 5.82. The molecule has 0 aromatic heterocycles. The first-order valence-electron chi connectivity index (χ1n) is 15.5. The Hall–Kier alpha value is -5.80. The second-order valence-electron chi connectivity index (χ2n) is 10.8. The molecule has 246 valence electrons. The predicted molar refractivity (Wildman–Crippen MR) is 193 cm³/mol. The number of thioether (sulfide) groups is 1. The molecule has 1 heterocycles. The number of allylic oxidation sites excluding steroid dienone is 4. The van der Waals surface area contributed by atoms with E-state index < -0.39 is 17.9 Å². The summed E-state index contributed by atoms with van der Waals surface area (Å²) in [5, 5.41) is 3.17. The van der Waals surface area contributed by atoms with Gasteiger partial charge < -0.3 is 10.1 Å². The summed E-state index contributed by atoms with van der Waals surface area (Å²) >= 11 is 1.000. The van der Waals surface area contributed by atoms with Crippen LogP contribution < -0.4 is 10.1 Å². The second-order valence-corrected chi connectivity index (χ2v) is 11.7. The van der Waals surface area contributed by atoms with Crippen molar-refractivity contribution in [3.63, 3.8) is 0 Å². The lowest BCUT2D eigenvalue weighted by molar-refractivity contribution is -0.126. The van der Waals surface area contributed by atoms with Gasteiger partial charge in [0.2, 0.25) is 5.91 Å². The molecule has 0 saturated carbocycles. The monoisotopic (exact) mass is 671 g/mol.